The van der Waals surface area contributed by atoms with Crippen LogP contribution in [0.3, 0.4) is 0 Å². The number of fused-ring (bicyclic) bond motifs is 1. The molecule has 76 valence electrons. The van der Waals surface area contributed by atoms with Crippen LogP contribution in [0.1, 0.15) is 17.5 Å². The number of benzene rings is 1. The average Bonchev–Trinajstić information content (AvgIpc) is 2.27. The number of aliphatic hydroxyl groups excluding tert-OH is 1. The summed E-state index contributed by atoms with van der Waals surface area (Å²) in [7, 11) is 1.63. The van der Waals surface area contributed by atoms with Gasteiger partial charge in [-0.05, 0) is 30.5 Å². The van der Waals surface area contributed by atoms with Gasteiger partial charge in [-0.15, -0.1) is 0 Å². The lowest BCUT2D eigenvalue weighted by Gasteiger charge is -2.20. The molecule has 1 aliphatic heterocycles. The Bertz CT molecular complexity index is 316. The van der Waals surface area contributed by atoms with Crippen molar-refractivity contribution in [2.45, 2.75) is 19.4 Å². The van der Waals surface area contributed by atoms with E-state index in [9.17, 15) is 5.11 Å². The summed E-state index contributed by atoms with van der Waals surface area (Å²) in [5.41, 5.74) is 1.96. The fraction of sp³-hybridized carbons (Fsp3) is 0.455. The van der Waals surface area contributed by atoms with Crippen molar-refractivity contribution in [3.05, 3.63) is 23.3 Å². The molecule has 1 aromatic rings. The monoisotopic (exact) mass is 194 g/mol. The smallest absolute Gasteiger partial charge is 0.128 e. The Hall–Kier alpha value is -1.22. The van der Waals surface area contributed by atoms with Gasteiger partial charge in [0.2, 0.25) is 0 Å². The first-order valence-electron chi connectivity index (χ1n) is 4.78. The van der Waals surface area contributed by atoms with Gasteiger partial charge in [-0.1, -0.05) is 0 Å². The normalized spacial score (nSPS) is 14.4. The molecule has 1 aromatic carbocycles. The maximum absolute atomic E-state index is 9.18. The Balaban J connectivity index is 2.47. The number of rotatable bonds is 2. The molecular weight excluding hydrogens is 180 g/mol. The van der Waals surface area contributed by atoms with E-state index in [-0.39, 0.29) is 6.61 Å². The molecule has 0 saturated carbocycles. The molecule has 0 atom stereocenters. The van der Waals surface area contributed by atoms with Crippen LogP contribution < -0.4 is 9.47 Å². The van der Waals surface area contributed by atoms with Crippen LogP contribution in [-0.2, 0) is 13.0 Å². The highest BCUT2D eigenvalue weighted by Gasteiger charge is 2.15. The first kappa shape index (κ1) is 9.34. The largest absolute Gasteiger partial charge is 0.497 e. The van der Waals surface area contributed by atoms with E-state index in [1.807, 2.05) is 12.1 Å². The highest BCUT2D eigenvalue weighted by Crippen LogP contribution is 2.33. The molecule has 1 N–H and O–H groups in total. The van der Waals surface area contributed by atoms with Gasteiger partial charge >= 0.3 is 0 Å². The second kappa shape index (κ2) is 3.88. The minimum atomic E-state index is -0.000463. The molecule has 3 nitrogen and oxygen atoms in total. The summed E-state index contributed by atoms with van der Waals surface area (Å²) in [6, 6.07) is 3.80. The van der Waals surface area contributed by atoms with Gasteiger partial charge in [-0.25, -0.2) is 0 Å². The standard InChI is InChI=1S/C11H14O3/c1-13-10-5-8-3-2-4-14-11(8)9(6-10)7-12/h5-6,12H,2-4,7H2,1H3. The van der Waals surface area contributed by atoms with Crippen LogP contribution >= 0.6 is 0 Å². The zero-order chi connectivity index (χ0) is 9.97. The molecule has 2 rings (SSSR count). The molecular formula is C11H14O3. The van der Waals surface area contributed by atoms with Crippen LogP contribution in [0, 0.1) is 0 Å². The van der Waals surface area contributed by atoms with Crippen molar-refractivity contribution in [1.82, 2.24) is 0 Å². The van der Waals surface area contributed by atoms with E-state index in [1.54, 1.807) is 7.11 Å². The number of hydrogen-bond donors (Lipinski definition) is 1. The number of aryl methyl sites for hydroxylation is 1. The molecule has 0 saturated heterocycles. The van der Waals surface area contributed by atoms with E-state index in [1.165, 1.54) is 0 Å². The van der Waals surface area contributed by atoms with Gasteiger partial charge in [-0.3, -0.25) is 0 Å². The van der Waals surface area contributed by atoms with E-state index in [0.29, 0.717) is 0 Å². The molecule has 0 unspecified atom stereocenters. The molecule has 0 aliphatic carbocycles. The maximum Gasteiger partial charge on any atom is 0.128 e. The summed E-state index contributed by atoms with van der Waals surface area (Å²) in [5.74, 6) is 1.64. The Morgan fingerprint density at radius 3 is 3.07 bits per heavy atom. The lowest BCUT2D eigenvalue weighted by atomic mass is 10.0. The van der Waals surface area contributed by atoms with E-state index in [2.05, 4.69) is 0 Å². The summed E-state index contributed by atoms with van der Waals surface area (Å²) in [6.07, 6.45) is 2.03. The van der Waals surface area contributed by atoms with Gasteiger partial charge in [0.25, 0.3) is 0 Å². The SMILES string of the molecule is COc1cc(CO)c2c(c1)CCCO2. The maximum atomic E-state index is 9.18. The first-order chi connectivity index (χ1) is 6.85. The Morgan fingerprint density at radius 1 is 1.50 bits per heavy atom. The average molecular weight is 194 g/mol. The summed E-state index contributed by atoms with van der Waals surface area (Å²) < 4.78 is 10.7. The van der Waals surface area contributed by atoms with Gasteiger partial charge in [-0.2, -0.15) is 0 Å². The van der Waals surface area contributed by atoms with Gasteiger partial charge in [0, 0.05) is 5.56 Å². The van der Waals surface area contributed by atoms with Crippen LogP contribution in [0.2, 0.25) is 0 Å². The van der Waals surface area contributed by atoms with Crippen molar-refractivity contribution in [3.63, 3.8) is 0 Å². The van der Waals surface area contributed by atoms with Crippen LogP contribution in [-0.4, -0.2) is 18.8 Å². The van der Waals surface area contributed by atoms with Crippen molar-refractivity contribution in [2.24, 2.45) is 0 Å². The predicted octanol–water partition coefficient (Wildman–Crippen LogP) is 1.51. The highest BCUT2D eigenvalue weighted by molar-refractivity contribution is 5.47. The van der Waals surface area contributed by atoms with E-state index in [4.69, 9.17) is 9.47 Å². The molecule has 3 heteroatoms. The van der Waals surface area contributed by atoms with Crippen molar-refractivity contribution in [1.29, 1.82) is 0 Å². The van der Waals surface area contributed by atoms with Crippen molar-refractivity contribution in [2.75, 3.05) is 13.7 Å². The molecule has 0 aromatic heterocycles. The quantitative estimate of drug-likeness (QED) is 0.775. The third kappa shape index (κ3) is 1.55. The lowest BCUT2D eigenvalue weighted by molar-refractivity contribution is 0.250. The van der Waals surface area contributed by atoms with Crippen LogP contribution in [0.15, 0.2) is 12.1 Å². The number of hydrogen-bond acceptors (Lipinski definition) is 3. The zero-order valence-electron chi connectivity index (χ0n) is 8.25. The van der Waals surface area contributed by atoms with Crippen molar-refractivity contribution in [3.8, 4) is 11.5 Å². The van der Waals surface area contributed by atoms with Gasteiger partial charge < -0.3 is 14.6 Å². The summed E-state index contributed by atoms with van der Waals surface area (Å²) in [6.45, 7) is 0.742. The fourth-order valence-electron chi connectivity index (χ4n) is 1.77. The third-order valence-electron chi connectivity index (χ3n) is 2.46. The molecule has 0 bridgehead atoms. The van der Waals surface area contributed by atoms with Gasteiger partial charge in [0.1, 0.15) is 11.5 Å². The second-order valence-corrected chi connectivity index (χ2v) is 3.38. The molecule has 1 aliphatic rings. The number of methoxy groups -OCH3 is 1. The minimum absolute atomic E-state index is 0.000463. The number of aliphatic hydroxyl groups is 1. The van der Waals surface area contributed by atoms with Crippen molar-refractivity contribution >= 4 is 0 Å². The summed E-state index contributed by atoms with van der Waals surface area (Å²) >= 11 is 0. The summed E-state index contributed by atoms with van der Waals surface area (Å²) in [4.78, 5) is 0. The molecule has 0 amide bonds. The van der Waals surface area contributed by atoms with E-state index in [0.717, 1.165) is 42.1 Å². The predicted molar refractivity (Wildman–Crippen MR) is 52.7 cm³/mol. The number of ether oxygens (including phenoxy) is 2. The summed E-state index contributed by atoms with van der Waals surface area (Å²) in [5, 5.41) is 9.18. The van der Waals surface area contributed by atoms with Gasteiger partial charge in [0.05, 0.1) is 20.3 Å². The second-order valence-electron chi connectivity index (χ2n) is 3.38. The van der Waals surface area contributed by atoms with Crippen LogP contribution in [0.4, 0.5) is 0 Å². The Kier molecular flexibility index (Phi) is 2.59. The van der Waals surface area contributed by atoms with E-state index >= 15 is 0 Å². The topological polar surface area (TPSA) is 38.7 Å². The Morgan fingerprint density at radius 2 is 2.36 bits per heavy atom. The Labute approximate surface area is 83.3 Å². The zero-order valence-corrected chi connectivity index (χ0v) is 8.25. The fourth-order valence-corrected chi connectivity index (χ4v) is 1.77. The van der Waals surface area contributed by atoms with Crippen molar-refractivity contribution < 1.29 is 14.6 Å². The van der Waals surface area contributed by atoms with Crippen LogP contribution in [0.25, 0.3) is 0 Å². The van der Waals surface area contributed by atoms with Crippen LogP contribution in [0.5, 0.6) is 11.5 Å². The molecule has 14 heavy (non-hydrogen) atoms. The highest BCUT2D eigenvalue weighted by atomic mass is 16.5. The van der Waals surface area contributed by atoms with Gasteiger partial charge in [0.15, 0.2) is 0 Å². The molecule has 0 spiro atoms. The lowest BCUT2D eigenvalue weighted by Crippen LogP contribution is -2.10. The van der Waals surface area contributed by atoms with E-state index < -0.39 is 0 Å². The first-order valence-corrected chi connectivity index (χ1v) is 4.78. The molecule has 0 radical (unpaired) electrons. The third-order valence-corrected chi connectivity index (χ3v) is 2.46. The minimum Gasteiger partial charge on any atom is -0.497 e. The molecule has 0 fully saturated rings. The molecule has 1 heterocycles.